The molecule has 1 heterocycles. The van der Waals surface area contributed by atoms with Crippen molar-refractivity contribution in [1.29, 1.82) is 0 Å². The first-order valence-corrected chi connectivity index (χ1v) is 12.1. The molecular formula is C22H27N3O5S. The van der Waals surface area contributed by atoms with E-state index in [0.29, 0.717) is 56.0 Å². The summed E-state index contributed by atoms with van der Waals surface area (Å²) in [7, 11) is -3.46. The van der Waals surface area contributed by atoms with Crippen molar-refractivity contribution in [2.75, 3.05) is 17.8 Å². The molecule has 1 aliphatic carbocycles. The predicted octanol–water partition coefficient (Wildman–Crippen LogP) is 2.58. The number of fused-ring (bicyclic) bond motifs is 1. The summed E-state index contributed by atoms with van der Waals surface area (Å²) in [6.07, 6.45) is 3.18. The molecule has 1 amide bonds. The third kappa shape index (κ3) is 5.17. The minimum atomic E-state index is -3.46. The smallest absolute Gasteiger partial charge is 0.246 e. The Labute approximate surface area is 182 Å². The van der Waals surface area contributed by atoms with Crippen molar-refractivity contribution >= 4 is 21.6 Å². The number of amides is 1. The van der Waals surface area contributed by atoms with Crippen LogP contribution < -0.4 is 20.3 Å². The number of ether oxygens (including phenoxy) is 1. The average molecular weight is 446 g/mol. The first-order valence-electron chi connectivity index (χ1n) is 10.5. The summed E-state index contributed by atoms with van der Waals surface area (Å²) in [5.74, 6) is 0.499. The monoisotopic (exact) mass is 445 g/mol. The van der Waals surface area contributed by atoms with Gasteiger partial charge in [0, 0.05) is 12.0 Å². The van der Waals surface area contributed by atoms with Crippen LogP contribution in [-0.2, 0) is 27.7 Å². The topological polar surface area (TPSA) is 117 Å². The number of hydrogen-bond donors (Lipinski definition) is 4. The maximum atomic E-state index is 12.7. The molecule has 0 spiro atoms. The normalized spacial score (nSPS) is 19.3. The molecule has 0 aromatic heterocycles. The number of carbonyl (C=O) groups excluding carboxylic acids is 1. The van der Waals surface area contributed by atoms with Gasteiger partial charge in [-0.15, -0.1) is 0 Å². The van der Waals surface area contributed by atoms with Gasteiger partial charge in [-0.1, -0.05) is 12.1 Å². The maximum absolute atomic E-state index is 12.7. The van der Waals surface area contributed by atoms with Crippen LogP contribution in [0.5, 0.6) is 11.5 Å². The Hall–Kier alpha value is -2.62. The third-order valence-corrected chi connectivity index (χ3v) is 7.81. The summed E-state index contributed by atoms with van der Waals surface area (Å²) in [6, 6.07) is 12.6. The number of anilines is 1. The lowest BCUT2D eigenvalue weighted by Gasteiger charge is -2.24. The van der Waals surface area contributed by atoms with Crippen molar-refractivity contribution in [3.05, 3.63) is 53.6 Å². The van der Waals surface area contributed by atoms with Crippen LogP contribution in [0.4, 0.5) is 5.69 Å². The van der Waals surface area contributed by atoms with Gasteiger partial charge in [0.25, 0.3) is 0 Å². The number of benzene rings is 2. The summed E-state index contributed by atoms with van der Waals surface area (Å²) in [4.78, 5) is 11.8. The number of rotatable bonds is 6. The largest absolute Gasteiger partial charge is 0.457 e. The van der Waals surface area contributed by atoms with Crippen molar-refractivity contribution in [2.24, 2.45) is 5.92 Å². The van der Waals surface area contributed by atoms with E-state index in [9.17, 15) is 13.2 Å². The van der Waals surface area contributed by atoms with E-state index in [1.165, 1.54) is 0 Å². The van der Waals surface area contributed by atoms with Gasteiger partial charge in [-0.25, -0.2) is 13.9 Å². The van der Waals surface area contributed by atoms with Crippen LogP contribution in [0.1, 0.15) is 30.4 Å². The number of hydroxylamine groups is 1. The Balaban J connectivity index is 1.46. The Morgan fingerprint density at radius 1 is 1.03 bits per heavy atom. The summed E-state index contributed by atoms with van der Waals surface area (Å²) in [5, 5.41) is 11.7. The lowest BCUT2D eigenvalue weighted by Crippen LogP contribution is -2.38. The van der Waals surface area contributed by atoms with E-state index in [0.717, 1.165) is 17.5 Å². The molecule has 4 N–H and O–H groups in total. The van der Waals surface area contributed by atoms with Gasteiger partial charge in [-0.2, -0.15) is 0 Å². The van der Waals surface area contributed by atoms with Crippen LogP contribution in [-0.4, -0.2) is 37.9 Å². The molecule has 9 heteroatoms. The first-order chi connectivity index (χ1) is 14.9. The molecular weight excluding hydrogens is 418 g/mol. The molecule has 0 radical (unpaired) electrons. The Morgan fingerprint density at radius 3 is 2.58 bits per heavy atom. The molecule has 1 aliphatic heterocycles. The highest BCUT2D eigenvalue weighted by Gasteiger charge is 2.27. The van der Waals surface area contributed by atoms with Crippen LogP contribution in [0.3, 0.4) is 0 Å². The Kier molecular flexibility index (Phi) is 6.45. The molecule has 8 nitrogen and oxygen atoms in total. The molecule has 2 aromatic rings. The zero-order valence-corrected chi connectivity index (χ0v) is 18.0. The second-order valence-corrected chi connectivity index (χ2v) is 10.0. The highest BCUT2D eigenvalue weighted by Crippen LogP contribution is 2.32. The van der Waals surface area contributed by atoms with Gasteiger partial charge in [-0.3, -0.25) is 14.7 Å². The highest BCUT2D eigenvalue weighted by molar-refractivity contribution is 7.93. The fourth-order valence-corrected chi connectivity index (χ4v) is 5.70. The first kappa shape index (κ1) is 21.6. The summed E-state index contributed by atoms with van der Waals surface area (Å²) < 4.78 is 34.0. The molecule has 1 unspecified atom stereocenters. The number of hydrogen-bond acceptors (Lipinski definition) is 6. The van der Waals surface area contributed by atoms with Gasteiger partial charge >= 0.3 is 0 Å². The van der Waals surface area contributed by atoms with Crippen molar-refractivity contribution in [1.82, 2.24) is 10.8 Å². The molecule has 2 aromatic carbocycles. The van der Waals surface area contributed by atoms with E-state index < -0.39 is 15.3 Å². The molecule has 31 heavy (non-hydrogen) atoms. The van der Waals surface area contributed by atoms with Crippen LogP contribution in [0.2, 0.25) is 0 Å². The molecule has 1 atom stereocenters. The molecule has 2 aliphatic rings. The van der Waals surface area contributed by atoms with Crippen LogP contribution >= 0.6 is 0 Å². The van der Waals surface area contributed by atoms with Gasteiger partial charge in [-0.05, 0) is 80.6 Å². The SMILES string of the molecule is O=C(NO)C1CCc2ccc(Oc3cccc(NS(=O)(=O)C4CCNCC4)c3)cc2C1. The quantitative estimate of drug-likeness (QED) is 0.401. The Bertz CT molecular complexity index is 1050. The van der Waals surface area contributed by atoms with E-state index in [-0.39, 0.29) is 11.8 Å². The van der Waals surface area contributed by atoms with Crippen LogP contribution in [0, 0.1) is 5.92 Å². The molecule has 4 rings (SSSR count). The molecule has 0 bridgehead atoms. The predicted molar refractivity (Wildman–Crippen MR) is 117 cm³/mol. The molecule has 1 fully saturated rings. The van der Waals surface area contributed by atoms with E-state index in [4.69, 9.17) is 9.94 Å². The Morgan fingerprint density at radius 2 is 1.81 bits per heavy atom. The summed E-state index contributed by atoms with van der Waals surface area (Å²) >= 11 is 0. The van der Waals surface area contributed by atoms with Crippen LogP contribution in [0.15, 0.2) is 42.5 Å². The van der Waals surface area contributed by atoms with Crippen molar-refractivity contribution in [3.8, 4) is 11.5 Å². The lowest BCUT2D eigenvalue weighted by molar-refractivity contribution is -0.133. The van der Waals surface area contributed by atoms with E-state index in [1.807, 2.05) is 18.2 Å². The molecule has 1 saturated heterocycles. The van der Waals surface area contributed by atoms with E-state index in [1.54, 1.807) is 29.7 Å². The second kappa shape index (κ2) is 9.25. The van der Waals surface area contributed by atoms with Gasteiger partial charge in [0.15, 0.2) is 0 Å². The number of piperidine rings is 1. The van der Waals surface area contributed by atoms with Gasteiger partial charge < -0.3 is 10.1 Å². The fraction of sp³-hybridized carbons (Fsp3) is 0.409. The zero-order chi connectivity index (χ0) is 21.8. The minimum absolute atomic E-state index is 0.263. The van der Waals surface area contributed by atoms with E-state index >= 15 is 0 Å². The molecule has 166 valence electrons. The number of nitrogens with one attached hydrogen (secondary N) is 3. The zero-order valence-electron chi connectivity index (χ0n) is 17.1. The van der Waals surface area contributed by atoms with Gasteiger partial charge in [0.05, 0.1) is 10.9 Å². The second-order valence-electron chi connectivity index (χ2n) is 8.07. The van der Waals surface area contributed by atoms with Crippen LogP contribution in [0.25, 0.3) is 0 Å². The number of carbonyl (C=O) groups is 1. The summed E-state index contributed by atoms with van der Waals surface area (Å²) in [6.45, 7) is 1.40. The maximum Gasteiger partial charge on any atom is 0.246 e. The van der Waals surface area contributed by atoms with Gasteiger partial charge in [0.2, 0.25) is 15.9 Å². The average Bonchev–Trinajstić information content (AvgIpc) is 2.78. The third-order valence-electron chi connectivity index (χ3n) is 5.94. The summed E-state index contributed by atoms with van der Waals surface area (Å²) in [5.41, 5.74) is 4.38. The van der Waals surface area contributed by atoms with E-state index in [2.05, 4.69) is 10.0 Å². The van der Waals surface area contributed by atoms with Crippen molar-refractivity contribution < 1.29 is 23.2 Å². The number of aryl methyl sites for hydroxylation is 1. The molecule has 0 saturated carbocycles. The minimum Gasteiger partial charge on any atom is -0.457 e. The standard InChI is InChI=1S/C22H27N3O5S/c26-22(24-27)16-5-4-15-6-7-20(13-17(15)12-16)30-19-3-1-2-18(14-19)25-31(28,29)21-8-10-23-11-9-21/h1-3,6-7,13-14,16,21,23,25,27H,4-5,8-12H2,(H,24,26). The van der Waals surface area contributed by atoms with Crippen molar-refractivity contribution in [2.45, 2.75) is 37.4 Å². The van der Waals surface area contributed by atoms with Crippen molar-refractivity contribution in [3.63, 3.8) is 0 Å². The highest BCUT2D eigenvalue weighted by atomic mass is 32.2. The lowest BCUT2D eigenvalue weighted by atomic mass is 9.83. The van der Waals surface area contributed by atoms with Gasteiger partial charge in [0.1, 0.15) is 11.5 Å². The fourth-order valence-electron chi connectivity index (χ4n) is 4.22. The number of sulfonamides is 1.